The van der Waals surface area contributed by atoms with E-state index in [1.165, 1.54) is 0 Å². The van der Waals surface area contributed by atoms with Crippen LogP contribution in [0.25, 0.3) is 0 Å². The molecule has 3 nitrogen and oxygen atoms in total. The summed E-state index contributed by atoms with van der Waals surface area (Å²) in [7, 11) is 0. The zero-order valence-electron chi connectivity index (χ0n) is 11.6. The Morgan fingerprint density at radius 1 is 1.12 bits per heavy atom. The molecule has 0 aliphatic heterocycles. The van der Waals surface area contributed by atoms with Gasteiger partial charge in [-0.25, -0.2) is 0 Å². The van der Waals surface area contributed by atoms with Gasteiger partial charge >= 0.3 is 5.97 Å². The lowest BCUT2D eigenvalue weighted by Crippen LogP contribution is -2.28. The van der Waals surface area contributed by atoms with E-state index in [1.807, 2.05) is 0 Å². The molecule has 0 aromatic heterocycles. The molecule has 0 rings (SSSR count). The van der Waals surface area contributed by atoms with Crippen molar-refractivity contribution in [2.24, 2.45) is 11.8 Å². The maximum absolute atomic E-state index is 11.8. The molecular formula is C14H26O3. The molecule has 0 spiro atoms. The Hall–Kier alpha value is -0.860. The van der Waals surface area contributed by atoms with E-state index in [2.05, 4.69) is 13.8 Å². The SMILES string of the molecule is CCCC(CC)CC(C(=O)CC)C(=O)OCC. The first-order valence-corrected chi connectivity index (χ1v) is 6.79. The van der Waals surface area contributed by atoms with Gasteiger partial charge in [-0.15, -0.1) is 0 Å². The number of ketones is 1. The second-order valence-electron chi connectivity index (χ2n) is 4.42. The molecule has 0 amide bonds. The zero-order valence-corrected chi connectivity index (χ0v) is 11.6. The van der Waals surface area contributed by atoms with Crippen LogP contribution in [-0.2, 0) is 14.3 Å². The van der Waals surface area contributed by atoms with Crippen molar-refractivity contribution in [1.29, 1.82) is 0 Å². The summed E-state index contributed by atoms with van der Waals surface area (Å²) < 4.78 is 4.99. The van der Waals surface area contributed by atoms with Crippen LogP contribution in [0.2, 0.25) is 0 Å². The van der Waals surface area contributed by atoms with Crippen LogP contribution in [-0.4, -0.2) is 18.4 Å². The van der Waals surface area contributed by atoms with Crippen molar-refractivity contribution in [2.45, 2.75) is 59.8 Å². The van der Waals surface area contributed by atoms with Gasteiger partial charge in [-0.05, 0) is 19.3 Å². The molecule has 2 atom stereocenters. The highest BCUT2D eigenvalue weighted by Crippen LogP contribution is 2.23. The summed E-state index contributed by atoms with van der Waals surface area (Å²) in [6.45, 7) is 8.16. The Kier molecular flexibility index (Phi) is 8.73. The maximum atomic E-state index is 11.8. The molecule has 0 heterocycles. The largest absolute Gasteiger partial charge is 0.465 e. The molecule has 2 unspecified atom stereocenters. The smallest absolute Gasteiger partial charge is 0.316 e. The molecular weight excluding hydrogens is 216 g/mol. The molecule has 0 aromatic rings. The third kappa shape index (κ3) is 5.85. The minimum absolute atomic E-state index is 0.0120. The van der Waals surface area contributed by atoms with E-state index in [9.17, 15) is 9.59 Å². The average molecular weight is 242 g/mol. The van der Waals surface area contributed by atoms with Gasteiger partial charge in [-0.1, -0.05) is 40.0 Å². The van der Waals surface area contributed by atoms with Crippen molar-refractivity contribution < 1.29 is 14.3 Å². The topological polar surface area (TPSA) is 43.4 Å². The van der Waals surface area contributed by atoms with Crippen molar-refractivity contribution >= 4 is 11.8 Å². The van der Waals surface area contributed by atoms with Gasteiger partial charge < -0.3 is 4.74 Å². The zero-order chi connectivity index (χ0) is 13.3. The molecule has 0 saturated carbocycles. The predicted molar refractivity (Wildman–Crippen MR) is 68.7 cm³/mol. The monoisotopic (exact) mass is 242 g/mol. The minimum atomic E-state index is -0.545. The third-order valence-electron chi connectivity index (χ3n) is 3.15. The highest BCUT2D eigenvalue weighted by Gasteiger charge is 2.28. The van der Waals surface area contributed by atoms with Gasteiger partial charge in [0.15, 0.2) is 0 Å². The van der Waals surface area contributed by atoms with Gasteiger partial charge in [0.25, 0.3) is 0 Å². The summed E-state index contributed by atoms with van der Waals surface area (Å²) in [6.07, 6.45) is 4.24. The van der Waals surface area contributed by atoms with Crippen molar-refractivity contribution in [3.63, 3.8) is 0 Å². The lowest BCUT2D eigenvalue weighted by molar-refractivity contribution is -0.152. The summed E-state index contributed by atoms with van der Waals surface area (Å²) in [5, 5.41) is 0. The molecule has 0 aromatic carbocycles. The predicted octanol–water partition coefficient (Wildman–Crippen LogP) is 3.36. The molecule has 0 bridgehead atoms. The Morgan fingerprint density at radius 3 is 2.18 bits per heavy atom. The van der Waals surface area contributed by atoms with Crippen LogP contribution in [0.15, 0.2) is 0 Å². The molecule has 0 aliphatic rings. The van der Waals surface area contributed by atoms with Gasteiger partial charge in [0.2, 0.25) is 0 Å². The average Bonchev–Trinajstić information content (AvgIpc) is 2.33. The number of hydrogen-bond acceptors (Lipinski definition) is 3. The van der Waals surface area contributed by atoms with Crippen LogP contribution in [0.4, 0.5) is 0 Å². The summed E-state index contributed by atoms with van der Waals surface area (Å²) >= 11 is 0. The first kappa shape index (κ1) is 16.1. The standard InChI is InChI=1S/C14H26O3/c1-5-9-11(6-2)10-12(13(15)7-3)14(16)17-8-4/h11-12H,5-10H2,1-4H3. The molecule has 0 N–H and O–H groups in total. The van der Waals surface area contributed by atoms with E-state index in [0.717, 1.165) is 19.3 Å². The minimum Gasteiger partial charge on any atom is -0.465 e. The summed E-state index contributed by atoms with van der Waals surface area (Å²) in [4.78, 5) is 23.5. The van der Waals surface area contributed by atoms with Crippen molar-refractivity contribution in [3.8, 4) is 0 Å². The Morgan fingerprint density at radius 2 is 1.76 bits per heavy atom. The maximum Gasteiger partial charge on any atom is 0.316 e. The highest BCUT2D eigenvalue weighted by molar-refractivity contribution is 5.98. The number of carbonyl (C=O) groups is 2. The molecule has 0 saturated heterocycles. The lowest BCUT2D eigenvalue weighted by atomic mass is 9.86. The first-order valence-electron chi connectivity index (χ1n) is 6.79. The molecule has 17 heavy (non-hydrogen) atoms. The van der Waals surface area contributed by atoms with Crippen molar-refractivity contribution in [2.75, 3.05) is 6.61 Å². The quantitative estimate of drug-likeness (QED) is 0.460. The van der Waals surface area contributed by atoms with Gasteiger partial charge in [0.1, 0.15) is 11.7 Å². The third-order valence-corrected chi connectivity index (χ3v) is 3.15. The number of hydrogen-bond donors (Lipinski definition) is 0. The second kappa shape index (κ2) is 9.20. The van der Waals surface area contributed by atoms with Gasteiger partial charge in [-0.2, -0.15) is 0 Å². The van der Waals surface area contributed by atoms with Crippen LogP contribution in [0, 0.1) is 11.8 Å². The van der Waals surface area contributed by atoms with Crippen LogP contribution in [0.1, 0.15) is 59.8 Å². The van der Waals surface area contributed by atoms with Gasteiger partial charge in [-0.3, -0.25) is 9.59 Å². The summed E-state index contributed by atoms with van der Waals surface area (Å²) in [5.74, 6) is -0.423. The van der Waals surface area contributed by atoms with Crippen molar-refractivity contribution in [3.05, 3.63) is 0 Å². The van der Waals surface area contributed by atoms with E-state index in [1.54, 1.807) is 13.8 Å². The van der Waals surface area contributed by atoms with Crippen LogP contribution in [0.5, 0.6) is 0 Å². The van der Waals surface area contributed by atoms with Crippen LogP contribution in [0.3, 0.4) is 0 Å². The number of rotatable bonds is 9. The normalized spacial score (nSPS) is 14.1. The van der Waals surface area contributed by atoms with E-state index in [0.29, 0.717) is 25.4 Å². The second-order valence-corrected chi connectivity index (χ2v) is 4.42. The fraction of sp³-hybridized carbons (Fsp3) is 0.857. The van der Waals surface area contributed by atoms with E-state index in [4.69, 9.17) is 4.74 Å². The Balaban J connectivity index is 4.56. The molecule has 3 heteroatoms. The number of Topliss-reactive ketones (excluding diaryl/α,β-unsaturated/α-hetero) is 1. The fourth-order valence-corrected chi connectivity index (χ4v) is 2.08. The van der Waals surface area contributed by atoms with Crippen LogP contribution >= 0.6 is 0 Å². The van der Waals surface area contributed by atoms with Gasteiger partial charge in [0, 0.05) is 6.42 Å². The van der Waals surface area contributed by atoms with E-state index < -0.39 is 5.92 Å². The number of ether oxygens (including phenoxy) is 1. The first-order chi connectivity index (χ1) is 8.10. The summed E-state index contributed by atoms with van der Waals surface area (Å²) in [6, 6.07) is 0. The number of carbonyl (C=O) groups excluding carboxylic acids is 2. The summed E-state index contributed by atoms with van der Waals surface area (Å²) in [5.41, 5.74) is 0. The molecule has 0 radical (unpaired) electrons. The van der Waals surface area contributed by atoms with Gasteiger partial charge in [0.05, 0.1) is 6.61 Å². The highest BCUT2D eigenvalue weighted by atomic mass is 16.5. The van der Waals surface area contributed by atoms with Crippen LogP contribution < -0.4 is 0 Å². The molecule has 0 fully saturated rings. The Labute approximate surface area is 105 Å². The molecule has 100 valence electrons. The Bertz CT molecular complexity index is 236. The molecule has 0 aliphatic carbocycles. The van der Waals surface area contributed by atoms with Crippen molar-refractivity contribution in [1.82, 2.24) is 0 Å². The lowest BCUT2D eigenvalue weighted by Gasteiger charge is -2.19. The van der Waals surface area contributed by atoms with E-state index in [-0.39, 0.29) is 11.8 Å². The number of esters is 1. The van der Waals surface area contributed by atoms with E-state index >= 15 is 0 Å². The fourth-order valence-electron chi connectivity index (χ4n) is 2.08.